The van der Waals surface area contributed by atoms with Crippen LogP contribution >= 0.6 is 0 Å². The highest BCUT2D eigenvalue weighted by atomic mass is 16.4. The zero-order valence-electron chi connectivity index (χ0n) is 7.44. The zero-order valence-corrected chi connectivity index (χ0v) is 7.44. The van der Waals surface area contributed by atoms with E-state index in [1.807, 2.05) is 0 Å². The van der Waals surface area contributed by atoms with Gasteiger partial charge in [-0.2, -0.15) is 5.10 Å². The molecule has 0 aromatic carbocycles. The average molecular weight is 182 g/mol. The number of hydrogen-bond acceptors (Lipinski definition) is 3. The molecule has 72 valence electrons. The first-order valence-electron chi connectivity index (χ1n) is 4.73. The van der Waals surface area contributed by atoms with Crippen molar-refractivity contribution in [1.82, 2.24) is 0 Å². The maximum absolute atomic E-state index is 10.8. The largest absolute Gasteiger partial charge is 0.481 e. The van der Waals surface area contributed by atoms with Crippen LogP contribution in [0.2, 0.25) is 0 Å². The Labute approximate surface area is 76.8 Å². The molecule has 0 saturated heterocycles. The van der Waals surface area contributed by atoms with Crippen molar-refractivity contribution in [3.05, 3.63) is 0 Å². The predicted molar refractivity (Wildman–Crippen MR) is 48.2 cm³/mol. The van der Waals surface area contributed by atoms with E-state index in [1.54, 1.807) is 0 Å². The Morgan fingerprint density at radius 1 is 1.38 bits per heavy atom. The van der Waals surface area contributed by atoms with Crippen LogP contribution in [-0.2, 0) is 4.79 Å². The molecule has 2 bridgehead atoms. The first-order chi connectivity index (χ1) is 6.22. The molecular weight excluding hydrogens is 168 g/mol. The fraction of sp³-hybridized carbons (Fsp3) is 0.778. The lowest BCUT2D eigenvalue weighted by Gasteiger charge is -2.25. The Bertz CT molecular complexity index is 246. The molecule has 2 saturated carbocycles. The number of nitrogens with two attached hydrogens (primary N) is 1. The summed E-state index contributed by atoms with van der Waals surface area (Å²) in [6.45, 7) is 0. The van der Waals surface area contributed by atoms with Crippen LogP contribution in [0.3, 0.4) is 0 Å². The van der Waals surface area contributed by atoms with Crippen LogP contribution in [0.1, 0.15) is 25.7 Å². The summed E-state index contributed by atoms with van der Waals surface area (Å²) in [6.07, 6.45) is 3.62. The molecule has 0 aromatic rings. The number of aliphatic carboxylic acids is 1. The average Bonchev–Trinajstić information content (AvgIpc) is 2.34. The van der Waals surface area contributed by atoms with Gasteiger partial charge in [0.05, 0.1) is 5.92 Å². The predicted octanol–water partition coefficient (Wildman–Crippen LogP) is 0.822. The van der Waals surface area contributed by atoms with Crippen molar-refractivity contribution in [2.75, 3.05) is 0 Å². The number of hydrazone groups is 1. The standard InChI is InChI=1S/C9H14N2O2/c10-11-8-5-1-2-6(8)4-7(3-5)9(12)13/h5-7H,1-4,10H2,(H,12,13). The second kappa shape index (κ2) is 3.01. The minimum absolute atomic E-state index is 0.164. The number of nitrogens with zero attached hydrogens (tertiary/aromatic N) is 1. The van der Waals surface area contributed by atoms with E-state index in [4.69, 9.17) is 10.9 Å². The van der Waals surface area contributed by atoms with Gasteiger partial charge in [-0.05, 0) is 25.7 Å². The van der Waals surface area contributed by atoms with Crippen LogP contribution in [-0.4, -0.2) is 16.8 Å². The molecule has 2 fully saturated rings. The summed E-state index contributed by atoms with van der Waals surface area (Å²) in [5.74, 6) is 5.17. The van der Waals surface area contributed by atoms with Crippen molar-refractivity contribution < 1.29 is 9.90 Å². The van der Waals surface area contributed by atoms with Gasteiger partial charge < -0.3 is 10.9 Å². The molecule has 13 heavy (non-hydrogen) atoms. The highest BCUT2D eigenvalue weighted by Gasteiger charge is 2.42. The highest BCUT2D eigenvalue weighted by Crippen LogP contribution is 2.42. The number of carboxylic acid groups (broad SMARTS) is 1. The lowest BCUT2D eigenvalue weighted by Crippen LogP contribution is -2.31. The van der Waals surface area contributed by atoms with E-state index in [0.29, 0.717) is 11.8 Å². The first-order valence-corrected chi connectivity index (χ1v) is 4.73. The molecular formula is C9H14N2O2. The molecule has 2 aliphatic rings. The number of hydrogen-bond donors (Lipinski definition) is 2. The van der Waals surface area contributed by atoms with Crippen molar-refractivity contribution in [3.8, 4) is 0 Å². The molecule has 0 heterocycles. The van der Waals surface area contributed by atoms with E-state index in [1.165, 1.54) is 0 Å². The Morgan fingerprint density at radius 2 is 1.92 bits per heavy atom. The number of fused-ring (bicyclic) bond motifs is 2. The van der Waals surface area contributed by atoms with Crippen LogP contribution in [0.25, 0.3) is 0 Å². The topological polar surface area (TPSA) is 75.7 Å². The molecule has 0 amide bonds. The van der Waals surface area contributed by atoms with Crippen LogP contribution in [0.4, 0.5) is 0 Å². The number of carboxylic acids is 1. The second-order valence-corrected chi connectivity index (χ2v) is 4.03. The molecule has 4 heteroatoms. The van der Waals surface area contributed by atoms with E-state index in [9.17, 15) is 4.79 Å². The molecule has 2 unspecified atom stereocenters. The van der Waals surface area contributed by atoms with Crippen molar-refractivity contribution in [1.29, 1.82) is 0 Å². The summed E-state index contributed by atoms with van der Waals surface area (Å²) >= 11 is 0. The molecule has 3 N–H and O–H groups in total. The minimum Gasteiger partial charge on any atom is -0.481 e. The second-order valence-electron chi connectivity index (χ2n) is 4.03. The van der Waals surface area contributed by atoms with Gasteiger partial charge in [0.1, 0.15) is 0 Å². The summed E-state index contributed by atoms with van der Waals surface area (Å²) in [5.41, 5.74) is 1.07. The fourth-order valence-electron chi connectivity index (χ4n) is 2.70. The van der Waals surface area contributed by atoms with Crippen molar-refractivity contribution in [3.63, 3.8) is 0 Å². The van der Waals surface area contributed by atoms with E-state index in [0.717, 1.165) is 31.4 Å². The minimum atomic E-state index is -0.659. The van der Waals surface area contributed by atoms with E-state index in [2.05, 4.69) is 5.10 Å². The third kappa shape index (κ3) is 1.30. The Morgan fingerprint density at radius 3 is 2.31 bits per heavy atom. The van der Waals surface area contributed by atoms with Crippen LogP contribution < -0.4 is 5.84 Å². The van der Waals surface area contributed by atoms with Gasteiger partial charge >= 0.3 is 5.97 Å². The van der Waals surface area contributed by atoms with Gasteiger partial charge in [-0.15, -0.1) is 0 Å². The zero-order chi connectivity index (χ0) is 9.42. The van der Waals surface area contributed by atoms with Gasteiger partial charge in [0.25, 0.3) is 0 Å². The van der Waals surface area contributed by atoms with Crippen LogP contribution in [0.5, 0.6) is 0 Å². The third-order valence-corrected chi connectivity index (χ3v) is 3.34. The van der Waals surface area contributed by atoms with Crippen molar-refractivity contribution in [2.24, 2.45) is 28.7 Å². The number of rotatable bonds is 1. The third-order valence-electron chi connectivity index (χ3n) is 3.34. The van der Waals surface area contributed by atoms with Gasteiger partial charge in [-0.3, -0.25) is 4.79 Å². The van der Waals surface area contributed by atoms with Gasteiger partial charge in [0, 0.05) is 17.5 Å². The summed E-state index contributed by atoms with van der Waals surface area (Å²) < 4.78 is 0. The van der Waals surface area contributed by atoms with Crippen LogP contribution in [0, 0.1) is 17.8 Å². The molecule has 2 rings (SSSR count). The Hall–Kier alpha value is -1.06. The van der Waals surface area contributed by atoms with Crippen molar-refractivity contribution in [2.45, 2.75) is 25.7 Å². The molecule has 2 atom stereocenters. The van der Waals surface area contributed by atoms with Gasteiger partial charge in [-0.1, -0.05) is 0 Å². The SMILES string of the molecule is NN=C1C2CCC1CC(C(=O)O)C2. The maximum atomic E-state index is 10.8. The molecule has 2 aliphatic carbocycles. The summed E-state index contributed by atoms with van der Waals surface area (Å²) in [4.78, 5) is 10.8. The maximum Gasteiger partial charge on any atom is 0.306 e. The summed E-state index contributed by atoms with van der Waals surface area (Å²) in [5, 5.41) is 12.7. The molecule has 0 spiro atoms. The summed E-state index contributed by atoms with van der Waals surface area (Å²) in [6, 6.07) is 0. The summed E-state index contributed by atoms with van der Waals surface area (Å²) in [7, 11) is 0. The number of carbonyl (C=O) groups is 1. The molecule has 0 aromatic heterocycles. The van der Waals surface area contributed by atoms with E-state index >= 15 is 0 Å². The quantitative estimate of drug-likeness (QED) is 0.465. The lowest BCUT2D eigenvalue weighted by molar-refractivity contribution is -0.142. The first kappa shape index (κ1) is 8.53. The van der Waals surface area contributed by atoms with Gasteiger partial charge in [-0.25, -0.2) is 0 Å². The molecule has 0 radical (unpaired) electrons. The fourth-order valence-corrected chi connectivity index (χ4v) is 2.70. The van der Waals surface area contributed by atoms with Gasteiger partial charge in [0.15, 0.2) is 0 Å². The Kier molecular flexibility index (Phi) is 1.98. The smallest absolute Gasteiger partial charge is 0.306 e. The Balaban J connectivity index is 2.15. The van der Waals surface area contributed by atoms with Gasteiger partial charge in [0.2, 0.25) is 0 Å². The van der Waals surface area contributed by atoms with E-state index in [-0.39, 0.29) is 5.92 Å². The monoisotopic (exact) mass is 182 g/mol. The van der Waals surface area contributed by atoms with Crippen LogP contribution in [0.15, 0.2) is 5.10 Å². The lowest BCUT2D eigenvalue weighted by atomic mass is 9.79. The molecule has 4 nitrogen and oxygen atoms in total. The normalized spacial score (nSPS) is 37.5. The molecule has 0 aliphatic heterocycles. The van der Waals surface area contributed by atoms with Crippen molar-refractivity contribution >= 4 is 11.7 Å². The highest BCUT2D eigenvalue weighted by molar-refractivity contribution is 5.92. The van der Waals surface area contributed by atoms with E-state index < -0.39 is 5.97 Å².